The maximum Gasteiger partial charge on any atom is 0.513 e. The highest BCUT2D eigenvalue weighted by molar-refractivity contribution is 6.74. The fraction of sp³-hybridized carbons (Fsp3) is 0.571. The third-order valence-electron chi connectivity index (χ3n) is 3.08. The van der Waals surface area contributed by atoms with Crippen molar-refractivity contribution in [2.24, 2.45) is 0 Å². The molecule has 20 heavy (non-hydrogen) atoms. The van der Waals surface area contributed by atoms with Gasteiger partial charge in [0.2, 0.25) is 0 Å². The molecule has 0 aliphatic heterocycles. The summed E-state index contributed by atoms with van der Waals surface area (Å²) in [6.07, 6.45) is 6.11. The standard InChI is InChI=1S/C14H20BF4O/c1-2-3-4-5-6-7-10-20-14-11-12(16)8-9-13(14)15(17,18)19/h8-9,11H,2-7,10H2,1H3/q-1. The fourth-order valence-electron chi connectivity index (χ4n) is 1.97. The Hall–Kier alpha value is -1.20. The van der Waals surface area contributed by atoms with E-state index >= 15 is 0 Å². The maximum atomic E-state index is 13.0. The van der Waals surface area contributed by atoms with Crippen LogP contribution in [-0.2, 0) is 0 Å². The quantitative estimate of drug-likeness (QED) is 0.366. The zero-order valence-corrected chi connectivity index (χ0v) is 11.7. The number of hydrogen-bond acceptors (Lipinski definition) is 1. The number of benzene rings is 1. The summed E-state index contributed by atoms with van der Waals surface area (Å²) in [5.41, 5.74) is -0.864. The van der Waals surface area contributed by atoms with Crippen molar-refractivity contribution in [3.8, 4) is 5.75 Å². The normalized spacial score (nSPS) is 11.7. The second kappa shape index (κ2) is 8.17. The van der Waals surface area contributed by atoms with Crippen LogP contribution in [0.3, 0.4) is 0 Å². The van der Waals surface area contributed by atoms with E-state index in [0.717, 1.165) is 43.9 Å². The van der Waals surface area contributed by atoms with Crippen LogP contribution in [0.1, 0.15) is 45.4 Å². The van der Waals surface area contributed by atoms with Gasteiger partial charge in [-0.1, -0.05) is 50.6 Å². The Morgan fingerprint density at radius 2 is 1.65 bits per heavy atom. The summed E-state index contributed by atoms with van der Waals surface area (Å²) in [4.78, 5) is 0. The lowest BCUT2D eigenvalue weighted by molar-refractivity contribution is 0.303. The average molecular weight is 291 g/mol. The smallest absolute Gasteiger partial charge is 0.496 e. The van der Waals surface area contributed by atoms with E-state index in [4.69, 9.17) is 4.74 Å². The Labute approximate surface area is 117 Å². The third kappa shape index (κ3) is 5.84. The summed E-state index contributed by atoms with van der Waals surface area (Å²) < 4.78 is 56.4. The molecule has 1 rings (SSSR count). The summed E-state index contributed by atoms with van der Waals surface area (Å²) in [6, 6.07) is 2.36. The van der Waals surface area contributed by atoms with E-state index in [1.54, 1.807) is 0 Å². The van der Waals surface area contributed by atoms with Crippen LogP contribution < -0.4 is 10.2 Å². The van der Waals surface area contributed by atoms with Gasteiger partial charge in [0.25, 0.3) is 0 Å². The van der Waals surface area contributed by atoms with Gasteiger partial charge in [-0.2, -0.15) is 0 Å². The zero-order chi connectivity index (χ0) is 15.0. The molecule has 0 N–H and O–H groups in total. The molecule has 0 aliphatic carbocycles. The highest BCUT2D eigenvalue weighted by Crippen LogP contribution is 2.19. The van der Waals surface area contributed by atoms with Crippen molar-refractivity contribution in [3.05, 3.63) is 24.0 Å². The first-order valence-corrected chi connectivity index (χ1v) is 7.07. The lowest BCUT2D eigenvalue weighted by atomic mass is 9.79. The Balaban J connectivity index is 2.45. The van der Waals surface area contributed by atoms with E-state index < -0.39 is 24.0 Å². The van der Waals surface area contributed by atoms with Gasteiger partial charge in [-0.25, -0.2) is 4.39 Å². The first-order valence-electron chi connectivity index (χ1n) is 7.07. The largest absolute Gasteiger partial charge is 0.513 e. The van der Waals surface area contributed by atoms with E-state index in [1.165, 1.54) is 6.42 Å². The van der Waals surface area contributed by atoms with Gasteiger partial charge in [0, 0.05) is 6.07 Å². The van der Waals surface area contributed by atoms with Gasteiger partial charge in [-0.05, 0) is 12.5 Å². The van der Waals surface area contributed by atoms with Crippen molar-refractivity contribution in [2.45, 2.75) is 45.4 Å². The van der Waals surface area contributed by atoms with E-state index in [1.807, 2.05) is 0 Å². The predicted octanol–water partition coefficient (Wildman–Crippen LogP) is 4.62. The summed E-state index contributed by atoms with van der Waals surface area (Å²) in [7, 11) is 0. The minimum absolute atomic E-state index is 0.189. The Morgan fingerprint density at radius 3 is 2.30 bits per heavy atom. The molecule has 0 spiro atoms. The molecule has 0 amide bonds. The summed E-state index contributed by atoms with van der Waals surface area (Å²) in [6.45, 7) is -2.87. The molecular weight excluding hydrogens is 271 g/mol. The number of rotatable bonds is 9. The van der Waals surface area contributed by atoms with Crippen LogP contribution in [0.25, 0.3) is 0 Å². The average Bonchev–Trinajstić information content (AvgIpc) is 2.36. The number of ether oxygens (including phenoxy) is 1. The van der Waals surface area contributed by atoms with E-state index in [2.05, 4.69) is 6.92 Å². The second-order valence-corrected chi connectivity index (χ2v) is 4.87. The van der Waals surface area contributed by atoms with Crippen molar-refractivity contribution >= 4 is 12.4 Å². The minimum atomic E-state index is -5.18. The molecule has 1 aromatic carbocycles. The Bertz CT molecular complexity index is 407. The molecule has 0 fully saturated rings. The molecule has 114 valence electrons. The fourth-order valence-corrected chi connectivity index (χ4v) is 1.97. The van der Waals surface area contributed by atoms with E-state index in [-0.39, 0.29) is 6.61 Å². The van der Waals surface area contributed by atoms with E-state index in [9.17, 15) is 17.3 Å². The number of halogens is 4. The van der Waals surface area contributed by atoms with Gasteiger partial charge in [0.15, 0.2) is 0 Å². The topological polar surface area (TPSA) is 9.23 Å². The Morgan fingerprint density at radius 1 is 1.00 bits per heavy atom. The predicted molar refractivity (Wildman–Crippen MR) is 74.0 cm³/mol. The highest BCUT2D eigenvalue weighted by Gasteiger charge is 2.29. The molecule has 0 aliphatic rings. The molecule has 0 heterocycles. The van der Waals surface area contributed by atoms with Crippen LogP contribution in [0, 0.1) is 5.82 Å². The van der Waals surface area contributed by atoms with Crippen LogP contribution in [0.4, 0.5) is 17.3 Å². The first kappa shape index (κ1) is 16.9. The molecule has 0 unspecified atom stereocenters. The monoisotopic (exact) mass is 291 g/mol. The van der Waals surface area contributed by atoms with Gasteiger partial charge >= 0.3 is 6.98 Å². The molecule has 0 bridgehead atoms. The van der Waals surface area contributed by atoms with Gasteiger partial charge in [0.1, 0.15) is 5.82 Å². The van der Waals surface area contributed by atoms with Gasteiger partial charge in [-0.3, -0.25) is 0 Å². The maximum absolute atomic E-state index is 13.0. The van der Waals surface area contributed by atoms with Crippen molar-refractivity contribution in [3.63, 3.8) is 0 Å². The molecule has 1 aromatic rings. The lowest BCUT2D eigenvalue weighted by Gasteiger charge is -2.19. The molecule has 6 heteroatoms. The van der Waals surface area contributed by atoms with Crippen molar-refractivity contribution < 1.29 is 22.1 Å². The lowest BCUT2D eigenvalue weighted by Crippen LogP contribution is -2.35. The highest BCUT2D eigenvalue weighted by atomic mass is 19.4. The molecule has 0 saturated carbocycles. The van der Waals surface area contributed by atoms with Gasteiger partial charge in [0.05, 0.1) is 12.4 Å². The van der Waals surface area contributed by atoms with Gasteiger partial charge < -0.3 is 17.7 Å². The van der Waals surface area contributed by atoms with E-state index in [0.29, 0.717) is 6.42 Å². The molecule has 0 atom stereocenters. The second-order valence-electron chi connectivity index (χ2n) is 4.87. The number of unbranched alkanes of at least 4 members (excludes halogenated alkanes) is 5. The summed E-state index contributed by atoms with van der Waals surface area (Å²) in [5, 5.41) is 0. The third-order valence-corrected chi connectivity index (χ3v) is 3.08. The van der Waals surface area contributed by atoms with Crippen LogP contribution >= 0.6 is 0 Å². The SMILES string of the molecule is CCCCCCCCOc1cc(F)ccc1[B-](F)(F)F. The zero-order valence-electron chi connectivity index (χ0n) is 11.7. The summed E-state index contributed by atoms with van der Waals surface area (Å²) in [5.74, 6) is -1.11. The minimum Gasteiger partial charge on any atom is -0.496 e. The van der Waals surface area contributed by atoms with Crippen LogP contribution in [0.15, 0.2) is 18.2 Å². The van der Waals surface area contributed by atoms with Crippen LogP contribution in [0.5, 0.6) is 5.75 Å². The molecule has 0 radical (unpaired) electrons. The van der Waals surface area contributed by atoms with Crippen LogP contribution in [-0.4, -0.2) is 13.6 Å². The van der Waals surface area contributed by atoms with Crippen molar-refractivity contribution in [1.82, 2.24) is 0 Å². The Kier molecular flexibility index (Phi) is 6.89. The summed E-state index contributed by atoms with van der Waals surface area (Å²) >= 11 is 0. The molecule has 0 aromatic heterocycles. The van der Waals surface area contributed by atoms with Crippen LogP contribution in [0.2, 0.25) is 0 Å². The first-order chi connectivity index (χ1) is 9.45. The molecule has 0 saturated heterocycles. The van der Waals surface area contributed by atoms with Gasteiger partial charge in [-0.15, -0.1) is 0 Å². The molecule has 1 nitrogen and oxygen atoms in total. The molecular formula is C14H20BF4O-. The van der Waals surface area contributed by atoms with Crippen molar-refractivity contribution in [2.75, 3.05) is 6.61 Å². The van der Waals surface area contributed by atoms with Crippen molar-refractivity contribution in [1.29, 1.82) is 0 Å². The number of hydrogen-bond donors (Lipinski definition) is 0.